The van der Waals surface area contributed by atoms with E-state index in [9.17, 15) is 14.0 Å². The zero-order chi connectivity index (χ0) is 19.0. The predicted molar refractivity (Wildman–Crippen MR) is 102 cm³/mol. The highest BCUT2D eigenvalue weighted by Gasteiger charge is 2.35. The molecule has 2 saturated heterocycles. The van der Waals surface area contributed by atoms with Crippen molar-refractivity contribution >= 4 is 29.3 Å². The van der Waals surface area contributed by atoms with E-state index in [4.69, 9.17) is 4.74 Å². The lowest BCUT2D eigenvalue weighted by Gasteiger charge is -2.27. The summed E-state index contributed by atoms with van der Waals surface area (Å²) in [6, 6.07) is 11.4. The number of thioether (sulfide) groups is 1. The Morgan fingerprint density at radius 3 is 2.59 bits per heavy atom. The molecule has 2 aromatic rings. The average molecular weight is 386 g/mol. The number of carbonyl (C=O) groups is 2. The summed E-state index contributed by atoms with van der Waals surface area (Å²) in [7, 11) is 0. The van der Waals surface area contributed by atoms with Gasteiger partial charge in [-0.2, -0.15) is 0 Å². The van der Waals surface area contributed by atoms with Gasteiger partial charge in [0.2, 0.25) is 5.91 Å². The molecule has 0 bridgehead atoms. The summed E-state index contributed by atoms with van der Waals surface area (Å²) in [5.74, 6) is -0.304. The Morgan fingerprint density at radius 1 is 1.22 bits per heavy atom. The van der Waals surface area contributed by atoms with Gasteiger partial charge in [0.05, 0.1) is 11.3 Å². The minimum Gasteiger partial charge on any atom is -0.456 e. The first-order valence-corrected chi connectivity index (χ1v) is 9.79. The molecule has 1 N–H and O–H groups in total. The number of halogens is 1. The van der Waals surface area contributed by atoms with Gasteiger partial charge >= 0.3 is 5.97 Å². The van der Waals surface area contributed by atoms with E-state index < -0.39 is 0 Å². The summed E-state index contributed by atoms with van der Waals surface area (Å²) < 4.78 is 18.6. The molecular weight excluding hydrogens is 367 g/mol. The van der Waals surface area contributed by atoms with Crippen LogP contribution in [0.4, 0.5) is 10.1 Å². The molecule has 1 unspecified atom stereocenters. The fourth-order valence-electron chi connectivity index (χ4n) is 3.18. The summed E-state index contributed by atoms with van der Waals surface area (Å²) in [6.45, 7) is 3.23. The summed E-state index contributed by atoms with van der Waals surface area (Å²) in [5, 5.41) is 2.84. The van der Waals surface area contributed by atoms with Crippen LogP contribution < -0.4 is 10.2 Å². The van der Waals surface area contributed by atoms with Crippen molar-refractivity contribution in [3.05, 3.63) is 65.0 Å². The highest BCUT2D eigenvalue weighted by molar-refractivity contribution is 8.00. The molecule has 0 aliphatic carbocycles. The van der Waals surface area contributed by atoms with Crippen molar-refractivity contribution in [2.24, 2.45) is 0 Å². The van der Waals surface area contributed by atoms with Crippen molar-refractivity contribution in [1.29, 1.82) is 0 Å². The number of benzene rings is 2. The lowest BCUT2D eigenvalue weighted by Crippen LogP contribution is -2.49. The summed E-state index contributed by atoms with van der Waals surface area (Å²) in [5.41, 5.74) is 2.91. The Morgan fingerprint density at radius 2 is 1.96 bits per heavy atom. The first-order valence-electron chi connectivity index (χ1n) is 8.74. The molecule has 5 nitrogen and oxygen atoms in total. The van der Waals surface area contributed by atoms with Crippen molar-refractivity contribution in [1.82, 2.24) is 5.32 Å². The second kappa shape index (κ2) is 7.32. The zero-order valence-corrected chi connectivity index (χ0v) is 15.6. The van der Waals surface area contributed by atoms with E-state index in [-0.39, 0.29) is 29.2 Å². The third-order valence-corrected chi connectivity index (χ3v) is 5.95. The van der Waals surface area contributed by atoms with E-state index in [1.807, 2.05) is 6.92 Å². The first-order chi connectivity index (χ1) is 13.0. The number of hydrogen-bond donors (Lipinski definition) is 1. The van der Waals surface area contributed by atoms with Gasteiger partial charge in [0.25, 0.3) is 0 Å². The lowest BCUT2D eigenvalue weighted by atomic mass is 10.1. The van der Waals surface area contributed by atoms with Crippen LogP contribution in [0, 0.1) is 12.7 Å². The van der Waals surface area contributed by atoms with Gasteiger partial charge in [0.15, 0.2) is 0 Å². The van der Waals surface area contributed by atoms with Gasteiger partial charge in [-0.15, -0.1) is 11.8 Å². The van der Waals surface area contributed by atoms with Gasteiger partial charge in [-0.05, 0) is 48.4 Å². The maximum atomic E-state index is 13.2. The number of rotatable bonds is 4. The first kappa shape index (κ1) is 18.0. The van der Waals surface area contributed by atoms with Gasteiger partial charge in [-0.1, -0.05) is 12.1 Å². The van der Waals surface area contributed by atoms with Crippen LogP contribution in [0.3, 0.4) is 0 Å². The van der Waals surface area contributed by atoms with Crippen LogP contribution in [0.25, 0.3) is 0 Å². The van der Waals surface area contributed by atoms with Crippen LogP contribution in [0.15, 0.2) is 42.5 Å². The fourth-order valence-corrected chi connectivity index (χ4v) is 4.35. The van der Waals surface area contributed by atoms with Gasteiger partial charge in [-0.25, -0.2) is 9.18 Å². The Hall–Kier alpha value is -2.38. The highest BCUT2D eigenvalue weighted by Crippen LogP contribution is 2.42. The number of ether oxygens (including phenoxy) is 1. The predicted octanol–water partition coefficient (Wildman–Crippen LogP) is 3.04. The van der Waals surface area contributed by atoms with E-state index in [2.05, 4.69) is 5.32 Å². The fraction of sp³-hybridized carbons (Fsp3) is 0.300. The van der Waals surface area contributed by atoms with Gasteiger partial charge in [0, 0.05) is 18.8 Å². The SMILES string of the molecule is Cc1cc(C(=O)OC2CNC2)ccc1N1C(=O)CSC1c1ccc(F)cc1. The molecule has 0 saturated carbocycles. The van der Waals surface area contributed by atoms with Gasteiger partial charge < -0.3 is 10.1 Å². The number of aryl methyl sites for hydroxylation is 1. The van der Waals surface area contributed by atoms with Gasteiger partial charge in [-0.3, -0.25) is 9.69 Å². The smallest absolute Gasteiger partial charge is 0.338 e. The normalized spacial score (nSPS) is 19.9. The minimum atomic E-state index is -0.353. The molecule has 2 aromatic carbocycles. The third-order valence-electron chi connectivity index (χ3n) is 4.73. The number of amides is 1. The molecule has 4 rings (SSSR count). The molecule has 2 heterocycles. The van der Waals surface area contributed by atoms with Crippen molar-refractivity contribution < 1.29 is 18.7 Å². The molecular formula is C20H19FN2O3S. The monoisotopic (exact) mass is 386 g/mol. The van der Waals surface area contributed by atoms with Crippen LogP contribution in [-0.4, -0.2) is 36.8 Å². The molecule has 0 radical (unpaired) electrons. The molecule has 0 spiro atoms. The van der Waals surface area contributed by atoms with Crippen LogP contribution >= 0.6 is 11.8 Å². The second-order valence-electron chi connectivity index (χ2n) is 6.67. The van der Waals surface area contributed by atoms with Crippen molar-refractivity contribution in [3.8, 4) is 0 Å². The Balaban J connectivity index is 1.59. The van der Waals surface area contributed by atoms with Crippen molar-refractivity contribution in [2.45, 2.75) is 18.4 Å². The minimum absolute atomic E-state index is 0.00621. The van der Waals surface area contributed by atoms with E-state index >= 15 is 0 Å². The molecule has 27 heavy (non-hydrogen) atoms. The molecule has 140 valence electrons. The number of carbonyl (C=O) groups excluding carboxylic acids is 2. The summed E-state index contributed by atoms with van der Waals surface area (Å²) in [6.07, 6.45) is -0.0723. The molecule has 1 amide bonds. The molecule has 1 atom stereocenters. The number of hydrogen-bond acceptors (Lipinski definition) is 5. The number of nitrogens with one attached hydrogen (secondary N) is 1. The maximum Gasteiger partial charge on any atom is 0.338 e. The average Bonchev–Trinajstić information content (AvgIpc) is 3.00. The lowest BCUT2D eigenvalue weighted by molar-refractivity contribution is -0.115. The largest absolute Gasteiger partial charge is 0.456 e. The standard InChI is InChI=1S/C20H19FN2O3S/c1-12-8-14(20(25)26-16-9-22-10-16)4-7-17(12)23-18(24)11-27-19(23)13-2-5-15(21)6-3-13/h2-8,16,19,22H,9-11H2,1H3. The second-order valence-corrected chi connectivity index (χ2v) is 7.73. The van der Waals surface area contributed by atoms with Crippen molar-refractivity contribution in [2.75, 3.05) is 23.7 Å². The molecule has 0 aromatic heterocycles. The van der Waals surface area contributed by atoms with Crippen molar-refractivity contribution in [3.63, 3.8) is 0 Å². The highest BCUT2D eigenvalue weighted by atomic mass is 32.2. The quantitative estimate of drug-likeness (QED) is 0.819. The number of anilines is 1. The molecule has 2 aliphatic rings. The number of nitrogens with zero attached hydrogens (tertiary/aromatic N) is 1. The van der Waals surface area contributed by atoms with Crippen LogP contribution in [0.1, 0.15) is 26.9 Å². The van der Waals surface area contributed by atoms with E-state index in [1.165, 1.54) is 23.9 Å². The summed E-state index contributed by atoms with van der Waals surface area (Å²) in [4.78, 5) is 26.5. The molecule has 7 heteroatoms. The van der Waals surface area contributed by atoms with Crippen LogP contribution in [-0.2, 0) is 9.53 Å². The van der Waals surface area contributed by atoms with Crippen LogP contribution in [0.2, 0.25) is 0 Å². The topological polar surface area (TPSA) is 58.6 Å². The van der Waals surface area contributed by atoms with E-state index in [0.29, 0.717) is 24.4 Å². The Bertz CT molecular complexity index is 883. The Kier molecular flexibility index (Phi) is 4.88. The third kappa shape index (κ3) is 3.57. The maximum absolute atomic E-state index is 13.2. The zero-order valence-electron chi connectivity index (χ0n) is 14.8. The van der Waals surface area contributed by atoms with E-state index in [0.717, 1.165) is 16.8 Å². The molecule has 2 aliphatic heterocycles. The summed E-state index contributed by atoms with van der Waals surface area (Å²) >= 11 is 1.51. The number of esters is 1. The van der Waals surface area contributed by atoms with Gasteiger partial charge in [0.1, 0.15) is 17.3 Å². The van der Waals surface area contributed by atoms with Crippen LogP contribution in [0.5, 0.6) is 0 Å². The molecule has 2 fully saturated rings. The Labute approximate surface area is 160 Å². The van der Waals surface area contributed by atoms with E-state index in [1.54, 1.807) is 35.2 Å².